The van der Waals surface area contributed by atoms with Crippen molar-refractivity contribution in [1.29, 1.82) is 0 Å². The number of carbonyl (C=O) groups is 1. The Balaban J connectivity index is 2.10. The highest BCUT2D eigenvalue weighted by Gasteiger charge is 2.27. The average Bonchev–Trinajstić information content (AvgIpc) is 2.53. The number of hydrazine groups is 1. The van der Waals surface area contributed by atoms with Gasteiger partial charge < -0.3 is 9.75 Å². The first kappa shape index (κ1) is 18.5. The maximum absolute atomic E-state index is 11.8. The van der Waals surface area contributed by atoms with Crippen LogP contribution in [0.2, 0.25) is 0 Å². The Morgan fingerprint density at radius 3 is 2.71 bits per heavy atom. The number of piperazine rings is 1. The molecule has 0 spiro atoms. The van der Waals surface area contributed by atoms with E-state index in [2.05, 4.69) is 56.0 Å². The number of rotatable bonds is 5. The molecule has 1 aromatic carbocycles. The molecule has 1 heterocycles. The third-order valence-electron chi connectivity index (χ3n) is 4.42. The molecule has 1 unspecified atom stereocenters. The van der Waals surface area contributed by atoms with E-state index in [1.165, 1.54) is 11.1 Å². The van der Waals surface area contributed by atoms with Crippen LogP contribution in [0.5, 0.6) is 0 Å². The standard InChI is InChI=1S/C19H29N3O2/c1-5-24-19(23)13-21-11-16(4)22(20)18(12-21)10-15(3)17-8-6-14(2)7-9-17/h6-10,15-16H,5,11-13,20H2,1-4H3/b18-10-/t15?,16-/m1/s1. The molecule has 1 aliphatic heterocycles. The monoisotopic (exact) mass is 331 g/mol. The summed E-state index contributed by atoms with van der Waals surface area (Å²) in [5.74, 6) is 6.33. The van der Waals surface area contributed by atoms with E-state index in [0.717, 1.165) is 12.2 Å². The lowest BCUT2D eigenvalue weighted by atomic mass is 9.98. The molecule has 5 heteroatoms. The molecule has 0 amide bonds. The van der Waals surface area contributed by atoms with E-state index in [4.69, 9.17) is 10.6 Å². The minimum atomic E-state index is -0.180. The van der Waals surface area contributed by atoms with Gasteiger partial charge in [0.15, 0.2) is 0 Å². The average molecular weight is 331 g/mol. The second-order valence-electron chi connectivity index (χ2n) is 6.59. The van der Waals surface area contributed by atoms with Crippen LogP contribution in [-0.2, 0) is 9.53 Å². The minimum Gasteiger partial charge on any atom is -0.465 e. The molecule has 0 aliphatic carbocycles. The second-order valence-corrected chi connectivity index (χ2v) is 6.59. The first-order chi connectivity index (χ1) is 11.4. The van der Waals surface area contributed by atoms with Crippen molar-refractivity contribution in [3.8, 4) is 0 Å². The highest BCUT2D eigenvalue weighted by molar-refractivity contribution is 5.71. The molecule has 1 aliphatic rings. The van der Waals surface area contributed by atoms with Gasteiger partial charge in [-0.25, -0.2) is 5.84 Å². The zero-order valence-electron chi connectivity index (χ0n) is 15.2. The minimum absolute atomic E-state index is 0.157. The van der Waals surface area contributed by atoms with E-state index < -0.39 is 0 Å². The van der Waals surface area contributed by atoms with Gasteiger partial charge >= 0.3 is 5.97 Å². The number of nitrogens with two attached hydrogens (primary N) is 1. The quantitative estimate of drug-likeness (QED) is 0.663. The fourth-order valence-corrected chi connectivity index (χ4v) is 3.02. The summed E-state index contributed by atoms with van der Waals surface area (Å²) in [6.45, 7) is 10.3. The maximum Gasteiger partial charge on any atom is 0.320 e. The van der Waals surface area contributed by atoms with Crippen molar-refractivity contribution in [2.45, 2.75) is 39.7 Å². The smallest absolute Gasteiger partial charge is 0.320 e. The molecule has 1 aromatic rings. The van der Waals surface area contributed by atoms with E-state index in [1.807, 2.05) is 11.9 Å². The summed E-state index contributed by atoms with van der Waals surface area (Å²) < 4.78 is 5.06. The molecule has 0 saturated carbocycles. The van der Waals surface area contributed by atoms with Gasteiger partial charge in [-0.2, -0.15) is 0 Å². The van der Waals surface area contributed by atoms with Gasteiger partial charge in [0.05, 0.1) is 19.2 Å². The number of hydrogen-bond donors (Lipinski definition) is 1. The molecule has 2 atom stereocenters. The number of carbonyl (C=O) groups excluding carboxylic acids is 1. The van der Waals surface area contributed by atoms with Crippen molar-refractivity contribution in [1.82, 2.24) is 9.91 Å². The third-order valence-corrected chi connectivity index (χ3v) is 4.42. The summed E-state index contributed by atoms with van der Waals surface area (Å²) in [5.41, 5.74) is 3.56. The van der Waals surface area contributed by atoms with Crippen LogP contribution in [-0.4, -0.2) is 48.2 Å². The van der Waals surface area contributed by atoms with Crippen LogP contribution in [0.3, 0.4) is 0 Å². The second kappa shape index (κ2) is 8.31. The molecule has 132 valence electrons. The molecular formula is C19H29N3O2. The molecule has 5 nitrogen and oxygen atoms in total. The van der Waals surface area contributed by atoms with E-state index in [9.17, 15) is 4.79 Å². The van der Waals surface area contributed by atoms with E-state index in [-0.39, 0.29) is 17.9 Å². The van der Waals surface area contributed by atoms with Gasteiger partial charge in [0.2, 0.25) is 0 Å². The highest BCUT2D eigenvalue weighted by Crippen LogP contribution is 2.23. The first-order valence-corrected chi connectivity index (χ1v) is 8.59. The summed E-state index contributed by atoms with van der Waals surface area (Å²) in [6, 6.07) is 8.72. The molecule has 2 N–H and O–H groups in total. The molecule has 1 saturated heterocycles. The first-order valence-electron chi connectivity index (χ1n) is 8.59. The number of nitrogens with zero attached hydrogens (tertiary/aromatic N) is 2. The molecule has 0 aromatic heterocycles. The number of hydrogen-bond acceptors (Lipinski definition) is 5. The van der Waals surface area contributed by atoms with Crippen LogP contribution in [0.15, 0.2) is 36.0 Å². The van der Waals surface area contributed by atoms with Gasteiger partial charge in [-0.15, -0.1) is 0 Å². The summed E-state index contributed by atoms with van der Waals surface area (Å²) in [6.07, 6.45) is 2.19. The van der Waals surface area contributed by atoms with Crippen molar-refractivity contribution in [2.75, 3.05) is 26.2 Å². The van der Waals surface area contributed by atoms with Crippen LogP contribution < -0.4 is 5.84 Å². The maximum atomic E-state index is 11.8. The number of aryl methyl sites for hydroxylation is 1. The largest absolute Gasteiger partial charge is 0.465 e. The zero-order valence-corrected chi connectivity index (χ0v) is 15.2. The van der Waals surface area contributed by atoms with Gasteiger partial charge in [0.25, 0.3) is 0 Å². The summed E-state index contributed by atoms with van der Waals surface area (Å²) in [7, 11) is 0. The SMILES string of the molecule is CCOC(=O)CN1C/C(=C/C(C)c2ccc(C)cc2)N(N)[C@H](C)C1. The van der Waals surface area contributed by atoms with Gasteiger partial charge in [-0.3, -0.25) is 9.69 Å². The lowest BCUT2D eigenvalue weighted by molar-refractivity contribution is -0.144. The zero-order chi connectivity index (χ0) is 17.7. The number of ether oxygens (including phenoxy) is 1. The van der Waals surface area contributed by atoms with Crippen LogP contribution in [0.4, 0.5) is 0 Å². The van der Waals surface area contributed by atoms with Crippen molar-refractivity contribution < 1.29 is 9.53 Å². The van der Waals surface area contributed by atoms with E-state index >= 15 is 0 Å². The Labute approximate surface area is 145 Å². The van der Waals surface area contributed by atoms with Gasteiger partial charge in [-0.05, 0) is 26.3 Å². The van der Waals surface area contributed by atoms with Crippen LogP contribution in [0.1, 0.15) is 37.8 Å². The predicted molar refractivity (Wildman–Crippen MR) is 96.2 cm³/mol. The highest BCUT2D eigenvalue weighted by atomic mass is 16.5. The normalized spacial score (nSPS) is 21.8. The predicted octanol–water partition coefficient (Wildman–Crippen LogP) is 2.43. The van der Waals surface area contributed by atoms with Gasteiger partial charge in [0, 0.05) is 24.7 Å². The molecule has 24 heavy (non-hydrogen) atoms. The van der Waals surface area contributed by atoms with Crippen LogP contribution in [0.25, 0.3) is 0 Å². The van der Waals surface area contributed by atoms with Crippen molar-refractivity contribution in [3.63, 3.8) is 0 Å². The van der Waals surface area contributed by atoms with Crippen LogP contribution >= 0.6 is 0 Å². The number of allylic oxidation sites excluding steroid dienone is 1. The van der Waals surface area contributed by atoms with E-state index in [1.54, 1.807) is 0 Å². The summed E-state index contributed by atoms with van der Waals surface area (Å²) >= 11 is 0. The summed E-state index contributed by atoms with van der Waals surface area (Å²) in [4.78, 5) is 13.9. The Bertz CT molecular complexity index is 583. The van der Waals surface area contributed by atoms with Crippen molar-refractivity contribution >= 4 is 5.97 Å². The van der Waals surface area contributed by atoms with Gasteiger partial charge in [0.1, 0.15) is 0 Å². The lowest BCUT2D eigenvalue weighted by Crippen LogP contribution is -2.54. The topological polar surface area (TPSA) is 58.8 Å². The Kier molecular flexibility index (Phi) is 6.40. The Morgan fingerprint density at radius 2 is 2.08 bits per heavy atom. The number of benzene rings is 1. The lowest BCUT2D eigenvalue weighted by Gasteiger charge is -2.40. The number of esters is 1. The summed E-state index contributed by atoms with van der Waals surface area (Å²) in [5, 5.41) is 1.83. The molecule has 0 bridgehead atoms. The molecule has 1 fully saturated rings. The molecule has 2 rings (SSSR count). The van der Waals surface area contributed by atoms with Gasteiger partial charge in [-0.1, -0.05) is 42.8 Å². The fraction of sp³-hybridized carbons (Fsp3) is 0.526. The van der Waals surface area contributed by atoms with Crippen molar-refractivity contribution in [2.24, 2.45) is 5.84 Å². The van der Waals surface area contributed by atoms with Crippen LogP contribution in [0, 0.1) is 6.92 Å². The molecule has 0 radical (unpaired) electrons. The fourth-order valence-electron chi connectivity index (χ4n) is 3.02. The van der Waals surface area contributed by atoms with E-state index in [0.29, 0.717) is 19.7 Å². The Hall–Kier alpha value is -1.85. The molecular weight excluding hydrogens is 302 g/mol. The third kappa shape index (κ3) is 4.82. The Morgan fingerprint density at radius 1 is 1.42 bits per heavy atom. The van der Waals surface area contributed by atoms with Crippen molar-refractivity contribution in [3.05, 3.63) is 47.2 Å².